The molecular formula is C12H17ClN2O3S. The highest BCUT2D eigenvalue weighted by Gasteiger charge is 2.26. The molecule has 5 nitrogen and oxygen atoms in total. The highest BCUT2D eigenvalue weighted by Crippen LogP contribution is 2.14. The zero-order valence-electron chi connectivity index (χ0n) is 10.8. The zero-order chi connectivity index (χ0) is 13.3. The molecule has 1 N–H and O–H groups in total. The summed E-state index contributed by atoms with van der Waals surface area (Å²) in [5, 5.41) is 3.09. The van der Waals surface area contributed by atoms with E-state index in [2.05, 4.69) is 5.32 Å². The highest BCUT2D eigenvalue weighted by atomic mass is 35.5. The molecule has 0 aliphatic carbocycles. The lowest BCUT2D eigenvalue weighted by atomic mass is 10.1. The number of benzene rings is 1. The summed E-state index contributed by atoms with van der Waals surface area (Å²) in [5.41, 5.74) is 0.410. The van der Waals surface area contributed by atoms with Crippen molar-refractivity contribution in [1.29, 1.82) is 0 Å². The van der Waals surface area contributed by atoms with E-state index in [0.29, 0.717) is 5.56 Å². The Labute approximate surface area is 119 Å². The molecule has 1 fully saturated rings. The summed E-state index contributed by atoms with van der Waals surface area (Å²) in [6.07, 6.45) is 1.14. The van der Waals surface area contributed by atoms with Crippen LogP contribution in [0.4, 0.5) is 0 Å². The number of carbonyl (C=O) groups is 1. The lowest BCUT2D eigenvalue weighted by molar-refractivity contribution is 0.0681. The Morgan fingerprint density at radius 3 is 2.47 bits per heavy atom. The largest absolute Gasteiger partial charge is 0.336 e. The third kappa shape index (κ3) is 3.46. The fourth-order valence-electron chi connectivity index (χ4n) is 1.78. The average Bonchev–Trinajstić information content (AvgIpc) is 2.24. The Kier molecular flexibility index (Phi) is 4.95. The van der Waals surface area contributed by atoms with Crippen LogP contribution in [0.2, 0.25) is 0 Å². The van der Waals surface area contributed by atoms with Gasteiger partial charge in [0.25, 0.3) is 5.91 Å². The molecule has 1 aromatic carbocycles. The molecule has 1 aliphatic heterocycles. The second kappa shape index (κ2) is 5.90. The van der Waals surface area contributed by atoms with Gasteiger partial charge in [0, 0.05) is 32.0 Å². The molecule has 2 rings (SSSR count). The smallest absolute Gasteiger partial charge is 0.253 e. The molecular weight excluding hydrogens is 288 g/mol. The lowest BCUT2D eigenvalue weighted by Gasteiger charge is -2.35. The van der Waals surface area contributed by atoms with E-state index in [0.717, 1.165) is 19.3 Å². The second-order valence-electron chi connectivity index (χ2n) is 4.53. The van der Waals surface area contributed by atoms with Crippen LogP contribution in [-0.2, 0) is 9.84 Å². The summed E-state index contributed by atoms with van der Waals surface area (Å²) < 4.78 is 22.9. The van der Waals surface area contributed by atoms with Gasteiger partial charge in [0.05, 0.1) is 10.9 Å². The molecule has 0 spiro atoms. The second-order valence-corrected chi connectivity index (χ2v) is 6.54. The van der Waals surface area contributed by atoms with E-state index < -0.39 is 9.84 Å². The molecule has 7 heteroatoms. The van der Waals surface area contributed by atoms with Gasteiger partial charge in [0.15, 0.2) is 9.84 Å². The first-order valence-electron chi connectivity index (χ1n) is 5.67. The van der Waals surface area contributed by atoms with E-state index in [1.54, 1.807) is 24.1 Å². The minimum absolute atomic E-state index is 0. The summed E-state index contributed by atoms with van der Waals surface area (Å²) in [4.78, 5) is 14.0. The minimum atomic E-state index is -3.28. The van der Waals surface area contributed by atoms with E-state index in [4.69, 9.17) is 0 Å². The fraction of sp³-hybridized carbons (Fsp3) is 0.417. The number of likely N-dealkylation sites (N-methyl/N-ethyl adjacent to an activating group) is 1. The van der Waals surface area contributed by atoms with Gasteiger partial charge in [-0.15, -0.1) is 12.4 Å². The number of amides is 1. The summed E-state index contributed by atoms with van der Waals surface area (Å²) >= 11 is 0. The molecule has 0 aromatic heterocycles. The summed E-state index contributed by atoms with van der Waals surface area (Å²) in [5.74, 6) is -0.146. The van der Waals surface area contributed by atoms with Crippen LogP contribution in [-0.4, -0.2) is 51.7 Å². The van der Waals surface area contributed by atoms with E-state index in [1.807, 2.05) is 0 Å². The van der Waals surface area contributed by atoms with Gasteiger partial charge in [-0.2, -0.15) is 0 Å². The number of halogens is 1. The van der Waals surface area contributed by atoms with E-state index in [-0.39, 0.29) is 29.3 Å². The third-order valence-corrected chi connectivity index (χ3v) is 4.25. The van der Waals surface area contributed by atoms with Gasteiger partial charge in [-0.25, -0.2) is 8.42 Å². The first-order valence-corrected chi connectivity index (χ1v) is 7.57. The van der Waals surface area contributed by atoms with Crippen molar-refractivity contribution in [2.75, 3.05) is 26.4 Å². The van der Waals surface area contributed by atoms with Crippen molar-refractivity contribution in [1.82, 2.24) is 10.2 Å². The average molecular weight is 305 g/mol. The molecule has 1 aliphatic rings. The molecule has 0 saturated carbocycles. The normalized spacial score (nSPS) is 15.3. The van der Waals surface area contributed by atoms with Crippen LogP contribution in [0.1, 0.15) is 10.4 Å². The SMILES string of the molecule is CN(C(=O)c1cccc(S(C)(=O)=O)c1)C1CNC1.Cl. The van der Waals surface area contributed by atoms with Crippen LogP contribution in [0.3, 0.4) is 0 Å². The first-order chi connectivity index (χ1) is 8.39. The number of hydrogen-bond acceptors (Lipinski definition) is 4. The van der Waals surface area contributed by atoms with Gasteiger partial charge < -0.3 is 10.2 Å². The molecule has 0 bridgehead atoms. The van der Waals surface area contributed by atoms with Crippen LogP contribution in [0.5, 0.6) is 0 Å². The Morgan fingerprint density at radius 2 is 2.00 bits per heavy atom. The van der Waals surface area contributed by atoms with Crippen LogP contribution in [0.25, 0.3) is 0 Å². The maximum Gasteiger partial charge on any atom is 0.253 e. The number of rotatable bonds is 3. The van der Waals surface area contributed by atoms with Crippen molar-refractivity contribution < 1.29 is 13.2 Å². The molecule has 106 valence electrons. The monoisotopic (exact) mass is 304 g/mol. The Balaban J connectivity index is 0.00000180. The predicted octanol–water partition coefficient (Wildman–Crippen LogP) is 0.556. The predicted molar refractivity (Wildman–Crippen MR) is 75.6 cm³/mol. The van der Waals surface area contributed by atoms with Crippen LogP contribution < -0.4 is 5.32 Å². The first kappa shape index (κ1) is 15.9. The molecule has 1 heterocycles. The van der Waals surface area contributed by atoms with Gasteiger partial charge in [-0.05, 0) is 18.2 Å². The standard InChI is InChI=1S/C12H16N2O3S.ClH/c1-14(10-7-13-8-10)12(15)9-4-3-5-11(6-9)18(2,16)17;/h3-6,10,13H,7-8H2,1-2H3;1H. The van der Waals surface area contributed by atoms with Crippen molar-refractivity contribution >= 4 is 28.2 Å². The van der Waals surface area contributed by atoms with Crippen molar-refractivity contribution in [2.45, 2.75) is 10.9 Å². The van der Waals surface area contributed by atoms with E-state index in [1.165, 1.54) is 12.1 Å². The molecule has 1 amide bonds. The zero-order valence-corrected chi connectivity index (χ0v) is 12.4. The van der Waals surface area contributed by atoms with Gasteiger partial charge in [-0.1, -0.05) is 6.07 Å². The summed E-state index contributed by atoms with van der Waals surface area (Å²) in [7, 11) is -1.54. The van der Waals surface area contributed by atoms with Crippen molar-refractivity contribution in [2.24, 2.45) is 0 Å². The van der Waals surface area contributed by atoms with Crippen LogP contribution in [0, 0.1) is 0 Å². The number of carbonyl (C=O) groups excluding carboxylic acids is 1. The fourth-order valence-corrected chi connectivity index (χ4v) is 2.44. The van der Waals surface area contributed by atoms with Crippen LogP contribution >= 0.6 is 12.4 Å². The number of hydrogen-bond donors (Lipinski definition) is 1. The molecule has 19 heavy (non-hydrogen) atoms. The van der Waals surface area contributed by atoms with Crippen molar-refractivity contribution in [3.8, 4) is 0 Å². The summed E-state index contributed by atoms with van der Waals surface area (Å²) in [6, 6.07) is 6.35. The lowest BCUT2D eigenvalue weighted by Crippen LogP contribution is -2.57. The quantitative estimate of drug-likeness (QED) is 0.886. The van der Waals surface area contributed by atoms with Gasteiger partial charge >= 0.3 is 0 Å². The minimum Gasteiger partial charge on any atom is -0.336 e. The summed E-state index contributed by atoms with van der Waals surface area (Å²) in [6.45, 7) is 1.57. The van der Waals surface area contributed by atoms with Crippen molar-refractivity contribution in [3.63, 3.8) is 0 Å². The highest BCUT2D eigenvalue weighted by molar-refractivity contribution is 7.90. The Hall–Kier alpha value is -1.11. The van der Waals surface area contributed by atoms with Crippen LogP contribution in [0.15, 0.2) is 29.2 Å². The maximum atomic E-state index is 12.2. The topological polar surface area (TPSA) is 66.5 Å². The Morgan fingerprint density at radius 1 is 1.37 bits per heavy atom. The Bertz CT molecular complexity index is 570. The molecule has 1 aromatic rings. The number of nitrogens with one attached hydrogen (secondary N) is 1. The molecule has 1 saturated heterocycles. The van der Waals surface area contributed by atoms with Gasteiger partial charge in [0.1, 0.15) is 0 Å². The number of sulfone groups is 1. The maximum absolute atomic E-state index is 12.2. The van der Waals surface area contributed by atoms with Gasteiger partial charge in [0.2, 0.25) is 0 Å². The molecule has 0 radical (unpaired) electrons. The molecule has 0 atom stereocenters. The van der Waals surface area contributed by atoms with E-state index >= 15 is 0 Å². The third-order valence-electron chi connectivity index (χ3n) is 3.14. The van der Waals surface area contributed by atoms with Gasteiger partial charge in [-0.3, -0.25) is 4.79 Å². The van der Waals surface area contributed by atoms with E-state index in [9.17, 15) is 13.2 Å². The molecule has 0 unspecified atom stereocenters. The number of nitrogens with zero attached hydrogens (tertiary/aromatic N) is 1. The van der Waals surface area contributed by atoms with Crippen molar-refractivity contribution in [3.05, 3.63) is 29.8 Å².